The van der Waals surface area contributed by atoms with Crippen molar-refractivity contribution in [3.8, 4) is 17.6 Å². The molecule has 0 radical (unpaired) electrons. The molecule has 4 rings (SSSR count). The van der Waals surface area contributed by atoms with E-state index in [0.717, 1.165) is 24.1 Å². The number of carbonyl (C=O) groups excluding carboxylic acids is 1. The Hall–Kier alpha value is -3.64. The van der Waals surface area contributed by atoms with Gasteiger partial charge in [-0.05, 0) is 70.9 Å². The summed E-state index contributed by atoms with van der Waals surface area (Å²) in [4.78, 5) is 24.9. The second kappa shape index (κ2) is 11.2. The molecule has 1 heterocycles. The van der Waals surface area contributed by atoms with Crippen molar-refractivity contribution in [2.24, 2.45) is 5.92 Å². The molecule has 0 aromatic heterocycles. The van der Waals surface area contributed by atoms with Gasteiger partial charge in [0.25, 0.3) is 0 Å². The standard InChI is InChI=1S/C28H28BrN3O5/c1-4-6-17-10-23-27(25(33)11-17)26(21(14-30)16(2)31-23)19-12-22(29)28(24(13-19)32(34)35)37-15-18-7-5-8-20(9-18)36-3/h5,7-9,12-13,17,26,31H,4,6,10-11,15H2,1-3H3. The number of hydrogen-bond donors (Lipinski definition) is 1. The molecule has 0 spiro atoms. The maximum Gasteiger partial charge on any atom is 0.312 e. The molecule has 1 aliphatic heterocycles. The predicted octanol–water partition coefficient (Wildman–Crippen LogP) is 6.46. The number of nitrogens with one attached hydrogen (secondary N) is 1. The van der Waals surface area contributed by atoms with Gasteiger partial charge in [-0.2, -0.15) is 5.26 Å². The number of nitriles is 1. The minimum atomic E-state index is -0.682. The third-order valence-electron chi connectivity index (χ3n) is 6.82. The minimum Gasteiger partial charge on any atom is -0.497 e. The summed E-state index contributed by atoms with van der Waals surface area (Å²) >= 11 is 3.46. The van der Waals surface area contributed by atoms with E-state index in [4.69, 9.17) is 9.47 Å². The second-order valence-corrected chi connectivity index (χ2v) is 10.2. The Kier molecular flexibility index (Phi) is 7.98. The van der Waals surface area contributed by atoms with Crippen LogP contribution in [0.4, 0.5) is 5.69 Å². The van der Waals surface area contributed by atoms with Crippen LogP contribution in [0.15, 0.2) is 63.4 Å². The summed E-state index contributed by atoms with van der Waals surface area (Å²) in [7, 11) is 1.56. The van der Waals surface area contributed by atoms with Crippen molar-refractivity contribution in [1.82, 2.24) is 5.32 Å². The fraction of sp³-hybridized carbons (Fsp3) is 0.357. The molecule has 9 heteroatoms. The van der Waals surface area contributed by atoms with Gasteiger partial charge in [0.15, 0.2) is 5.78 Å². The molecular weight excluding hydrogens is 538 g/mol. The van der Waals surface area contributed by atoms with E-state index in [1.165, 1.54) is 6.07 Å². The number of Topliss-reactive ketones (excluding diaryl/α,β-unsaturated/α-hetero) is 1. The van der Waals surface area contributed by atoms with Crippen molar-refractivity contribution < 1.29 is 19.2 Å². The Bertz CT molecular complexity index is 1360. The van der Waals surface area contributed by atoms with Gasteiger partial charge in [-0.3, -0.25) is 14.9 Å². The van der Waals surface area contributed by atoms with Crippen molar-refractivity contribution >= 4 is 27.4 Å². The van der Waals surface area contributed by atoms with E-state index in [-0.39, 0.29) is 29.7 Å². The van der Waals surface area contributed by atoms with E-state index in [9.17, 15) is 20.2 Å². The van der Waals surface area contributed by atoms with Gasteiger partial charge in [0.2, 0.25) is 5.75 Å². The van der Waals surface area contributed by atoms with Crippen molar-refractivity contribution in [2.75, 3.05) is 7.11 Å². The van der Waals surface area contributed by atoms with Crippen LogP contribution in [-0.2, 0) is 11.4 Å². The molecule has 0 fully saturated rings. The molecule has 2 unspecified atom stereocenters. The van der Waals surface area contributed by atoms with Crippen LogP contribution in [0, 0.1) is 27.4 Å². The first-order chi connectivity index (χ1) is 17.8. The zero-order chi connectivity index (χ0) is 26.7. The number of nitrogens with zero attached hydrogens (tertiary/aromatic N) is 2. The molecule has 2 atom stereocenters. The molecule has 1 aliphatic carbocycles. The average Bonchev–Trinajstić information content (AvgIpc) is 2.87. The number of dihydropyridines is 1. The Morgan fingerprint density at radius 2 is 2.05 bits per heavy atom. The van der Waals surface area contributed by atoms with Crippen molar-refractivity contribution in [3.05, 3.63) is 84.7 Å². The van der Waals surface area contributed by atoms with Crippen LogP contribution in [0.25, 0.3) is 0 Å². The third-order valence-corrected chi connectivity index (χ3v) is 7.41. The number of methoxy groups -OCH3 is 1. The minimum absolute atomic E-state index is 0.0189. The number of allylic oxidation sites excluding steroid dienone is 4. The van der Waals surface area contributed by atoms with Gasteiger partial charge in [0.05, 0.1) is 34.1 Å². The first-order valence-electron chi connectivity index (χ1n) is 12.1. The highest BCUT2D eigenvalue weighted by Gasteiger charge is 2.39. The van der Waals surface area contributed by atoms with Crippen LogP contribution >= 0.6 is 15.9 Å². The number of ether oxygens (including phenoxy) is 2. The molecule has 0 bridgehead atoms. The SMILES string of the molecule is CCCC1CC(=O)C2=C(C1)NC(C)=C(C#N)C2c1cc(Br)c(OCc2cccc(OC)c2)c([N+](=O)[O-])c1. The molecule has 0 amide bonds. The molecule has 37 heavy (non-hydrogen) atoms. The summed E-state index contributed by atoms with van der Waals surface area (Å²) in [6.45, 7) is 4.00. The average molecular weight is 566 g/mol. The molecular formula is C28H28BrN3O5. The molecule has 1 N–H and O–H groups in total. The summed E-state index contributed by atoms with van der Waals surface area (Å²) < 4.78 is 11.5. The predicted molar refractivity (Wildman–Crippen MR) is 142 cm³/mol. The van der Waals surface area contributed by atoms with Crippen molar-refractivity contribution in [3.63, 3.8) is 0 Å². The maximum absolute atomic E-state index is 13.3. The van der Waals surface area contributed by atoms with Crippen molar-refractivity contribution in [1.29, 1.82) is 5.26 Å². The number of rotatable bonds is 8. The number of benzene rings is 2. The zero-order valence-corrected chi connectivity index (χ0v) is 22.6. The lowest BCUT2D eigenvalue weighted by molar-refractivity contribution is -0.386. The van der Waals surface area contributed by atoms with Crippen LogP contribution in [0.1, 0.15) is 56.6 Å². The van der Waals surface area contributed by atoms with Crippen LogP contribution < -0.4 is 14.8 Å². The number of ketones is 1. The fourth-order valence-corrected chi connectivity index (χ4v) is 5.76. The highest BCUT2D eigenvalue weighted by molar-refractivity contribution is 9.10. The van der Waals surface area contributed by atoms with Gasteiger partial charge in [-0.15, -0.1) is 0 Å². The van der Waals surface area contributed by atoms with E-state index >= 15 is 0 Å². The van der Waals surface area contributed by atoms with Crippen LogP contribution in [0.5, 0.6) is 11.5 Å². The summed E-state index contributed by atoms with van der Waals surface area (Å²) in [5.41, 5.74) is 3.43. The number of nitro benzene ring substituents is 1. The van der Waals surface area contributed by atoms with E-state index in [0.29, 0.717) is 45.5 Å². The number of nitro groups is 1. The first kappa shape index (κ1) is 26.4. The normalized spacial score (nSPS) is 19.2. The molecule has 0 saturated carbocycles. The third kappa shape index (κ3) is 5.39. The Morgan fingerprint density at radius 3 is 2.73 bits per heavy atom. The van der Waals surface area contributed by atoms with Crippen LogP contribution in [0.2, 0.25) is 0 Å². The van der Waals surface area contributed by atoms with E-state index in [1.54, 1.807) is 32.2 Å². The largest absolute Gasteiger partial charge is 0.497 e. The van der Waals surface area contributed by atoms with Gasteiger partial charge in [-0.1, -0.05) is 25.5 Å². The maximum atomic E-state index is 13.3. The molecule has 2 aromatic carbocycles. The lowest BCUT2D eigenvalue weighted by Gasteiger charge is -2.35. The van der Waals surface area contributed by atoms with Gasteiger partial charge in [-0.25, -0.2) is 0 Å². The summed E-state index contributed by atoms with van der Waals surface area (Å²) in [6.07, 6.45) is 3.05. The van der Waals surface area contributed by atoms with E-state index in [2.05, 4.69) is 34.2 Å². The Labute approximate surface area is 224 Å². The number of hydrogen-bond acceptors (Lipinski definition) is 7. The van der Waals surface area contributed by atoms with Gasteiger partial charge in [0, 0.05) is 29.5 Å². The quantitative estimate of drug-likeness (QED) is 0.288. The lowest BCUT2D eigenvalue weighted by Crippen LogP contribution is -2.34. The monoisotopic (exact) mass is 565 g/mol. The van der Waals surface area contributed by atoms with Gasteiger partial charge >= 0.3 is 5.69 Å². The molecule has 8 nitrogen and oxygen atoms in total. The van der Waals surface area contributed by atoms with Gasteiger partial charge in [0.1, 0.15) is 12.4 Å². The Balaban J connectivity index is 1.75. The number of halogens is 1. The first-order valence-corrected chi connectivity index (χ1v) is 12.9. The van der Waals surface area contributed by atoms with Gasteiger partial charge < -0.3 is 14.8 Å². The fourth-order valence-electron chi connectivity index (χ4n) is 5.18. The second-order valence-electron chi connectivity index (χ2n) is 9.34. The number of carbonyl (C=O) groups is 1. The summed E-state index contributed by atoms with van der Waals surface area (Å²) in [5, 5.41) is 25.4. The van der Waals surface area contributed by atoms with E-state index in [1.807, 2.05) is 12.1 Å². The molecule has 2 aromatic rings. The summed E-state index contributed by atoms with van der Waals surface area (Å²) in [6, 6.07) is 12.6. The molecule has 192 valence electrons. The van der Waals surface area contributed by atoms with Crippen molar-refractivity contribution in [2.45, 2.75) is 52.1 Å². The smallest absolute Gasteiger partial charge is 0.312 e. The molecule has 0 saturated heterocycles. The van der Waals surface area contributed by atoms with E-state index < -0.39 is 10.8 Å². The van der Waals surface area contributed by atoms with Crippen LogP contribution in [-0.4, -0.2) is 17.8 Å². The Morgan fingerprint density at radius 1 is 1.27 bits per heavy atom. The zero-order valence-electron chi connectivity index (χ0n) is 21.0. The summed E-state index contributed by atoms with van der Waals surface area (Å²) in [5.74, 6) is 0.282. The topological polar surface area (TPSA) is 114 Å². The molecule has 2 aliphatic rings. The lowest BCUT2D eigenvalue weighted by atomic mass is 9.72. The highest BCUT2D eigenvalue weighted by atomic mass is 79.9. The van der Waals surface area contributed by atoms with Crippen LogP contribution in [0.3, 0.4) is 0 Å². The highest BCUT2D eigenvalue weighted by Crippen LogP contribution is 2.47.